The summed E-state index contributed by atoms with van der Waals surface area (Å²) in [5, 5.41) is 5.46. The number of anilines is 1. The number of rotatable bonds is 4. The van der Waals surface area contributed by atoms with Crippen molar-refractivity contribution in [1.29, 1.82) is 0 Å². The van der Waals surface area contributed by atoms with Gasteiger partial charge in [-0.3, -0.25) is 0 Å². The van der Waals surface area contributed by atoms with E-state index in [9.17, 15) is 0 Å². The van der Waals surface area contributed by atoms with Crippen LogP contribution in [0.1, 0.15) is 52.6 Å². The molecule has 168 valence electrons. The molecule has 1 aliphatic heterocycles. The van der Waals surface area contributed by atoms with E-state index in [4.69, 9.17) is 9.51 Å². The molecule has 0 spiro atoms. The predicted octanol–water partition coefficient (Wildman–Crippen LogP) is 6.11. The van der Waals surface area contributed by atoms with E-state index in [1.165, 1.54) is 27.7 Å². The third kappa shape index (κ3) is 3.79. The maximum Gasteiger partial charge on any atom is 0.153 e. The minimum atomic E-state index is 0. The van der Waals surface area contributed by atoms with Crippen molar-refractivity contribution < 1.29 is 4.52 Å². The molecule has 5 rings (SSSR count). The highest BCUT2D eigenvalue weighted by Crippen LogP contribution is 2.36. The fourth-order valence-corrected chi connectivity index (χ4v) is 5.04. The first-order valence-electron chi connectivity index (χ1n) is 11.2. The molecule has 0 aliphatic carbocycles. The molecule has 0 atom stereocenters. The molecule has 5 nitrogen and oxygen atoms in total. The van der Waals surface area contributed by atoms with Crippen molar-refractivity contribution in [3.8, 4) is 0 Å². The summed E-state index contributed by atoms with van der Waals surface area (Å²) in [5.41, 5.74) is 7.42. The molecule has 4 heterocycles. The number of fused-ring (bicyclic) bond motifs is 1. The summed E-state index contributed by atoms with van der Waals surface area (Å²) in [6.45, 7) is 11.3. The van der Waals surface area contributed by atoms with E-state index in [0.29, 0.717) is 5.92 Å². The minimum absolute atomic E-state index is 0. The normalized spacial score (nSPS) is 14.7. The SMILES string of the molecule is Cc1noc(C)c1Cn1c(C)c(C)c2ccnc(N3CCC(c4ccccc4)CC3)c21.Cl. The van der Waals surface area contributed by atoms with Crippen molar-refractivity contribution in [2.75, 3.05) is 18.0 Å². The molecule has 3 aromatic heterocycles. The molecule has 6 heteroatoms. The van der Waals surface area contributed by atoms with E-state index in [1.54, 1.807) is 0 Å². The van der Waals surface area contributed by atoms with Gasteiger partial charge in [0.05, 0.1) is 17.8 Å². The van der Waals surface area contributed by atoms with Gasteiger partial charge < -0.3 is 14.0 Å². The standard InChI is InChI=1S/C26H30N4O.ClH/c1-17-19(3)30(16-24-18(2)28-31-20(24)4)25-23(17)10-13-27-26(25)29-14-11-22(12-15-29)21-8-6-5-7-9-21;/h5-10,13,22H,11-12,14-16H2,1-4H3;1H. The second kappa shape index (κ2) is 8.99. The molecular weight excluding hydrogens is 420 g/mol. The Kier molecular flexibility index (Phi) is 6.29. The number of aromatic nitrogens is 3. The van der Waals surface area contributed by atoms with Crippen molar-refractivity contribution in [1.82, 2.24) is 14.7 Å². The molecule has 1 aliphatic rings. The van der Waals surface area contributed by atoms with E-state index >= 15 is 0 Å². The molecule has 4 aromatic rings. The first-order valence-corrected chi connectivity index (χ1v) is 11.2. The Bertz CT molecular complexity index is 1200. The molecule has 1 aromatic carbocycles. The molecule has 32 heavy (non-hydrogen) atoms. The van der Waals surface area contributed by atoms with Gasteiger partial charge in [-0.15, -0.1) is 12.4 Å². The summed E-state index contributed by atoms with van der Waals surface area (Å²) < 4.78 is 7.84. The number of nitrogens with zero attached hydrogens (tertiary/aromatic N) is 4. The summed E-state index contributed by atoms with van der Waals surface area (Å²) in [6, 6.07) is 13.1. The van der Waals surface area contributed by atoms with Gasteiger partial charge in [-0.2, -0.15) is 0 Å². The first-order chi connectivity index (χ1) is 15.0. The maximum absolute atomic E-state index is 5.44. The number of piperidine rings is 1. The Hall–Kier alpha value is -2.79. The van der Waals surface area contributed by atoms with E-state index in [0.717, 1.165) is 55.3 Å². The van der Waals surface area contributed by atoms with Gasteiger partial charge in [0.25, 0.3) is 0 Å². The van der Waals surface area contributed by atoms with E-state index in [2.05, 4.69) is 64.9 Å². The Morgan fingerprint density at radius 2 is 1.72 bits per heavy atom. The maximum atomic E-state index is 5.44. The second-order valence-electron chi connectivity index (χ2n) is 8.80. The van der Waals surface area contributed by atoms with Crippen molar-refractivity contribution >= 4 is 29.1 Å². The smallest absolute Gasteiger partial charge is 0.153 e. The summed E-state index contributed by atoms with van der Waals surface area (Å²) in [7, 11) is 0. The van der Waals surface area contributed by atoms with Crippen LogP contribution < -0.4 is 4.90 Å². The van der Waals surface area contributed by atoms with Crippen molar-refractivity contribution in [2.24, 2.45) is 0 Å². The quantitative estimate of drug-likeness (QED) is 0.376. The molecular formula is C26H31ClN4O. The van der Waals surface area contributed by atoms with E-state index in [1.807, 2.05) is 20.0 Å². The summed E-state index contributed by atoms with van der Waals surface area (Å²) in [5.74, 6) is 2.63. The van der Waals surface area contributed by atoms with Gasteiger partial charge in [0.2, 0.25) is 0 Å². The zero-order valence-electron chi connectivity index (χ0n) is 19.3. The molecule has 0 N–H and O–H groups in total. The lowest BCUT2D eigenvalue weighted by atomic mass is 9.89. The Morgan fingerprint density at radius 3 is 2.38 bits per heavy atom. The van der Waals surface area contributed by atoms with Crippen LogP contribution in [0.15, 0.2) is 47.1 Å². The highest BCUT2D eigenvalue weighted by atomic mass is 35.5. The number of hydrogen-bond donors (Lipinski definition) is 0. The molecule has 0 amide bonds. The average molecular weight is 451 g/mol. The van der Waals surface area contributed by atoms with Crippen molar-refractivity contribution in [3.63, 3.8) is 0 Å². The van der Waals surface area contributed by atoms with E-state index < -0.39 is 0 Å². The lowest BCUT2D eigenvalue weighted by Gasteiger charge is -2.33. The highest BCUT2D eigenvalue weighted by Gasteiger charge is 2.25. The van der Waals surface area contributed by atoms with Crippen LogP contribution in [0.2, 0.25) is 0 Å². The van der Waals surface area contributed by atoms with Gasteiger partial charge in [0.15, 0.2) is 5.82 Å². The van der Waals surface area contributed by atoms with Gasteiger partial charge in [-0.1, -0.05) is 35.5 Å². The zero-order chi connectivity index (χ0) is 21.5. The summed E-state index contributed by atoms with van der Waals surface area (Å²) >= 11 is 0. The van der Waals surface area contributed by atoms with Gasteiger partial charge >= 0.3 is 0 Å². The summed E-state index contributed by atoms with van der Waals surface area (Å²) in [6.07, 6.45) is 4.28. The summed E-state index contributed by atoms with van der Waals surface area (Å²) in [4.78, 5) is 7.36. The molecule has 1 fully saturated rings. The third-order valence-electron chi connectivity index (χ3n) is 7.09. The number of pyridine rings is 1. The number of halogens is 1. The number of hydrogen-bond acceptors (Lipinski definition) is 4. The van der Waals surface area contributed by atoms with Crippen molar-refractivity contribution in [3.05, 3.63) is 76.4 Å². The van der Waals surface area contributed by atoms with Crippen LogP contribution >= 0.6 is 12.4 Å². The van der Waals surface area contributed by atoms with Crippen LogP contribution in [0.3, 0.4) is 0 Å². The molecule has 1 saturated heterocycles. The topological polar surface area (TPSA) is 47.1 Å². The van der Waals surface area contributed by atoms with Gasteiger partial charge in [-0.25, -0.2) is 4.98 Å². The van der Waals surface area contributed by atoms with Gasteiger partial charge in [-0.05, 0) is 63.6 Å². The van der Waals surface area contributed by atoms with Crippen LogP contribution in [0, 0.1) is 27.7 Å². The monoisotopic (exact) mass is 450 g/mol. The number of benzene rings is 1. The minimum Gasteiger partial charge on any atom is -0.361 e. The average Bonchev–Trinajstić information content (AvgIpc) is 3.26. The van der Waals surface area contributed by atoms with Gasteiger partial charge in [0, 0.05) is 35.9 Å². The third-order valence-corrected chi connectivity index (χ3v) is 7.09. The van der Waals surface area contributed by atoms with Crippen LogP contribution in [0.25, 0.3) is 10.9 Å². The van der Waals surface area contributed by atoms with E-state index in [-0.39, 0.29) is 12.4 Å². The lowest BCUT2D eigenvalue weighted by molar-refractivity contribution is 0.392. The Morgan fingerprint density at radius 1 is 1.00 bits per heavy atom. The molecule has 0 saturated carbocycles. The Balaban J connectivity index is 0.00000245. The predicted molar refractivity (Wildman–Crippen MR) is 132 cm³/mol. The van der Waals surface area contributed by atoms with Crippen LogP contribution in [-0.4, -0.2) is 27.8 Å². The van der Waals surface area contributed by atoms with Crippen LogP contribution in [0.5, 0.6) is 0 Å². The second-order valence-corrected chi connectivity index (χ2v) is 8.80. The lowest BCUT2D eigenvalue weighted by Crippen LogP contribution is -2.33. The van der Waals surface area contributed by atoms with Crippen LogP contribution in [-0.2, 0) is 6.54 Å². The first kappa shape index (κ1) is 22.4. The molecule has 0 unspecified atom stereocenters. The van der Waals surface area contributed by atoms with Gasteiger partial charge in [0.1, 0.15) is 5.76 Å². The fraction of sp³-hybridized carbons (Fsp3) is 0.385. The zero-order valence-corrected chi connectivity index (χ0v) is 20.1. The van der Waals surface area contributed by atoms with Crippen LogP contribution in [0.4, 0.5) is 5.82 Å². The van der Waals surface area contributed by atoms with Crippen molar-refractivity contribution in [2.45, 2.75) is 53.0 Å². The molecule has 0 radical (unpaired) electrons. The fourth-order valence-electron chi connectivity index (χ4n) is 5.04. The highest BCUT2D eigenvalue weighted by molar-refractivity contribution is 5.93. The largest absolute Gasteiger partial charge is 0.361 e. The number of aryl methyl sites for hydroxylation is 3. The Labute approximate surface area is 195 Å². The molecule has 0 bridgehead atoms.